The summed E-state index contributed by atoms with van der Waals surface area (Å²) >= 11 is 0. The molecule has 2 aromatic carbocycles. The molecule has 0 bridgehead atoms. The van der Waals surface area contributed by atoms with Crippen LogP contribution in [0.2, 0.25) is 0 Å². The molecule has 5 nitrogen and oxygen atoms in total. The van der Waals surface area contributed by atoms with Crippen molar-refractivity contribution in [2.75, 3.05) is 18.9 Å². The van der Waals surface area contributed by atoms with E-state index in [0.717, 1.165) is 11.3 Å². The summed E-state index contributed by atoms with van der Waals surface area (Å²) in [6.07, 6.45) is 0. The number of anilines is 1. The van der Waals surface area contributed by atoms with Gasteiger partial charge < -0.3 is 15.5 Å². The number of nitrogens with zero attached hydrogens (tertiary/aromatic N) is 1. The van der Waals surface area contributed by atoms with Crippen LogP contribution >= 0.6 is 0 Å². The highest BCUT2D eigenvalue weighted by molar-refractivity contribution is 5.95. The largest absolute Gasteiger partial charge is 0.376 e. The van der Waals surface area contributed by atoms with E-state index in [0.29, 0.717) is 12.1 Å². The molecule has 0 unspecified atom stereocenters. The van der Waals surface area contributed by atoms with E-state index in [1.54, 1.807) is 24.1 Å². The molecule has 0 saturated heterocycles. The smallest absolute Gasteiger partial charge is 0.253 e. The first kappa shape index (κ1) is 19.5. The van der Waals surface area contributed by atoms with Crippen molar-refractivity contribution in [1.82, 2.24) is 10.2 Å². The lowest BCUT2D eigenvalue weighted by Gasteiger charge is -2.21. The number of hydrogen-bond donors (Lipinski definition) is 2. The average Bonchev–Trinajstić information content (AvgIpc) is 2.59. The minimum absolute atomic E-state index is 0.0587. The van der Waals surface area contributed by atoms with Crippen molar-refractivity contribution in [1.29, 1.82) is 0 Å². The Morgan fingerprint density at radius 3 is 2.35 bits per heavy atom. The summed E-state index contributed by atoms with van der Waals surface area (Å²) in [6.45, 7) is 6.52. The molecular weight excluding hydrogens is 326 g/mol. The van der Waals surface area contributed by atoms with Gasteiger partial charge in [-0.25, -0.2) is 0 Å². The Balaban J connectivity index is 1.97. The van der Waals surface area contributed by atoms with Crippen LogP contribution in [0.15, 0.2) is 54.6 Å². The molecule has 0 aliphatic carbocycles. The summed E-state index contributed by atoms with van der Waals surface area (Å²) in [5.41, 5.74) is 2.14. The topological polar surface area (TPSA) is 61.4 Å². The zero-order valence-electron chi connectivity index (χ0n) is 15.9. The van der Waals surface area contributed by atoms with Crippen LogP contribution < -0.4 is 10.6 Å². The molecule has 0 heterocycles. The van der Waals surface area contributed by atoms with E-state index in [1.165, 1.54) is 0 Å². The van der Waals surface area contributed by atoms with Crippen LogP contribution in [-0.2, 0) is 11.3 Å². The number of carbonyl (C=O) groups is 2. The number of rotatable bonds is 6. The summed E-state index contributed by atoms with van der Waals surface area (Å²) < 4.78 is 0. The second-order valence-corrected chi connectivity index (χ2v) is 7.38. The molecule has 138 valence electrons. The second kappa shape index (κ2) is 8.52. The molecule has 2 amide bonds. The Labute approximate surface area is 155 Å². The van der Waals surface area contributed by atoms with Crippen molar-refractivity contribution in [3.8, 4) is 0 Å². The fourth-order valence-electron chi connectivity index (χ4n) is 2.56. The number of carbonyl (C=O) groups excluding carboxylic acids is 2. The summed E-state index contributed by atoms with van der Waals surface area (Å²) in [6, 6.07) is 17.1. The molecule has 5 heteroatoms. The average molecular weight is 353 g/mol. The van der Waals surface area contributed by atoms with Gasteiger partial charge in [0.1, 0.15) is 0 Å². The Kier molecular flexibility index (Phi) is 6.39. The molecule has 0 aliphatic rings. The number of nitrogens with one attached hydrogen (secondary N) is 2. The molecule has 0 spiro atoms. The molecule has 2 aromatic rings. The van der Waals surface area contributed by atoms with Gasteiger partial charge >= 0.3 is 0 Å². The summed E-state index contributed by atoms with van der Waals surface area (Å²) in [5, 5.41) is 5.96. The Bertz CT molecular complexity index is 751. The standard InChI is InChI=1S/C21H27N3O2/c1-21(2,3)23-19(25)14-22-18-12-8-11-17(13-18)20(26)24(4)15-16-9-6-5-7-10-16/h5-13,22H,14-15H2,1-4H3,(H,23,25). The molecule has 2 N–H and O–H groups in total. The van der Waals surface area contributed by atoms with Gasteiger partial charge in [-0.15, -0.1) is 0 Å². The summed E-state index contributed by atoms with van der Waals surface area (Å²) in [7, 11) is 1.78. The molecule has 0 saturated carbocycles. The number of benzene rings is 2. The second-order valence-electron chi connectivity index (χ2n) is 7.38. The van der Waals surface area contributed by atoms with E-state index < -0.39 is 0 Å². The van der Waals surface area contributed by atoms with Gasteiger partial charge in [0.25, 0.3) is 5.91 Å². The quantitative estimate of drug-likeness (QED) is 0.838. The van der Waals surface area contributed by atoms with E-state index >= 15 is 0 Å². The summed E-state index contributed by atoms with van der Waals surface area (Å²) in [5.74, 6) is -0.146. The summed E-state index contributed by atoms with van der Waals surface area (Å²) in [4.78, 5) is 26.2. The number of hydrogen-bond acceptors (Lipinski definition) is 3. The Morgan fingerprint density at radius 2 is 1.69 bits per heavy atom. The van der Waals surface area contributed by atoms with Crippen molar-refractivity contribution < 1.29 is 9.59 Å². The predicted octanol–water partition coefficient (Wildman–Crippen LogP) is 3.29. The monoisotopic (exact) mass is 353 g/mol. The maximum absolute atomic E-state index is 12.6. The fourth-order valence-corrected chi connectivity index (χ4v) is 2.56. The van der Waals surface area contributed by atoms with E-state index in [2.05, 4.69) is 10.6 Å². The van der Waals surface area contributed by atoms with Gasteiger partial charge in [0, 0.05) is 30.4 Å². The first-order chi connectivity index (χ1) is 12.2. The Morgan fingerprint density at radius 1 is 1.00 bits per heavy atom. The van der Waals surface area contributed by atoms with Crippen LogP contribution in [0, 0.1) is 0 Å². The van der Waals surface area contributed by atoms with Crippen LogP contribution in [0.4, 0.5) is 5.69 Å². The highest BCUT2D eigenvalue weighted by atomic mass is 16.2. The van der Waals surface area contributed by atoms with Gasteiger partial charge in [0.15, 0.2) is 0 Å². The van der Waals surface area contributed by atoms with E-state index in [9.17, 15) is 9.59 Å². The van der Waals surface area contributed by atoms with Gasteiger partial charge in [-0.1, -0.05) is 36.4 Å². The molecule has 0 aliphatic heterocycles. The lowest BCUT2D eigenvalue weighted by atomic mass is 10.1. The van der Waals surface area contributed by atoms with E-state index in [4.69, 9.17) is 0 Å². The molecule has 0 fully saturated rings. The van der Waals surface area contributed by atoms with Gasteiger partial charge in [-0.3, -0.25) is 9.59 Å². The van der Waals surface area contributed by atoms with E-state index in [1.807, 2.05) is 63.2 Å². The first-order valence-electron chi connectivity index (χ1n) is 8.69. The van der Waals surface area contributed by atoms with Gasteiger partial charge in [-0.2, -0.15) is 0 Å². The minimum Gasteiger partial charge on any atom is -0.376 e. The molecule has 26 heavy (non-hydrogen) atoms. The predicted molar refractivity (Wildman–Crippen MR) is 105 cm³/mol. The number of amides is 2. The lowest BCUT2D eigenvalue weighted by Crippen LogP contribution is -2.43. The van der Waals surface area contributed by atoms with Gasteiger partial charge in [-0.05, 0) is 44.5 Å². The minimum atomic E-state index is -0.267. The van der Waals surface area contributed by atoms with E-state index in [-0.39, 0.29) is 23.9 Å². The molecule has 0 radical (unpaired) electrons. The van der Waals surface area contributed by atoms with Crippen molar-refractivity contribution in [2.45, 2.75) is 32.9 Å². The van der Waals surface area contributed by atoms with Crippen LogP contribution in [0.5, 0.6) is 0 Å². The van der Waals surface area contributed by atoms with Crippen LogP contribution in [0.1, 0.15) is 36.7 Å². The normalized spacial score (nSPS) is 10.9. The van der Waals surface area contributed by atoms with Crippen molar-refractivity contribution in [3.05, 3.63) is 65.7 Å². The zero-order valence-corrected chi connectivity index (χ0v) is 15.9. The highest BCUT2D eigenvalue weighted by Gasteiger charge is 2.14. The zero-order chi connectivity index (χ0) is 19.2. The van der Waals surface area contributed by atoms with Gasteiger partial charge in [0.2, 0.25) is 5.91 Å². The molecule has 0 atom stereocenters. The van der Waals surface area contributed by atoms with Crippen LogP contribution in [-0.4, -0.2) is 35.8 Å². The van der Waals surface area contributed by atoms with Crippen LogP contribution in [0.25, 0.3) is 0 Å². The third kappa shape index (κ3) is 6.24. The third-order valence-corrected chi connectivity index (χ3v) is 3.69. The Hall–Kier alpha value is -2.82. The van der Waals surface area contributed by atoms with Crippen molar-refractivity contribution >= 4 is 17.5 Å². The SMILES string of the molecule is CN(Cc1ccccc1)C(=O)c1cccc(NCC(=O)NC(C)(C)C)c1. The maximum atomic E-state index is 12.6. The van der Waals surface area contributed by atoms with Gasteiger partial charge in [0.05, 0.1) is 6.54 Å². The molecule has 2 rings (SSSR count). The van der Waals surface area contributed by atoms with Crippen LogP contribution in [0.3, 0.4) is 0 Å². The lowest BCUT2D eigenvalue weighted by molar-refractivity contribution is -0.120. The highest BCUT2D eigenvalue weighted by Crippen LogP contribution is 2.14. The molecular formula is C21H27N3O2. The third-order valence-electron chi connectivity index (χ3n) is 3.69. The maximum Gasteiger partial charge on any atom is 0.253 e. The van der Waals surface area contributed by atoms with Crippen molar-refractivity contribution in [2.24, 2.45) is 0 Å². The molecule has 0 aromatic heterocycles. The first-order valence-corrected chi connectivity index (χ1v) is 8.69. The fraction of sp³-hybridized carbons (Fsp3) is 0.333. The van der Waals surface area contributed by atoms with Crippen molar-refractivity contribution in [3.63, 3.8) is 0 Å².